The summed E-state index contributed by atoms with van der Waals surface area (Å²) in [5.74, 6) is -0.647. The number of hydrogen-bond acceptors (Lipinski definition) is 5. The number of carbonyl (C=O) groups excluding carboxylic acids is 1. The van der Waals surface area contributed by atoms with Gasteiger partial charge in [0.05, 0.1) is 21.6 Å². The summed E-state index contributed by atoms with van der Waals surface area (Å²) in [5, 5.41) is 0.145. The Labute approximate surface area is 153 Å². The number of ether oxygens (including phenoxy) is 2. The third kappa shape index (κ3) is 5.17. The number of carbonyl (C=O) groups is 1. The quantitative estimate of drug-likeness (QED) is 0.782. The van der Waals surface area contributed by atoms with Crippen LogP contribution in [0.2, 0.25) is 5.02 Å². The summed E-state index contributed by atoms with van der Waals surface area (Å²) in [5.41, 5.74) is -0.616. The van der Waals surface area contributed by atoms with Crippen molar-refractivity contribution < 1.29 is 22.7 Å². The van der Waals surface area contributed by atoms with Crippen molar-refractivity contribution in [3.63, 3.8) is 0 Å². The van der Waals surface area contributed by atoms with Crippen molar-refractivity contribution >= 4 is 27.6 Å². The van der Waals surface area contributed by atoms with Gasteiger partial charge >= 0.3 is 5.97 Å². The van der Waals surface area contributed by atoms with Crippen LogP contribution < -0.4 is 4.72 Å². The lowest BCUT2D eigenvalue weighted by Gasteiger charge is -2.21. The van der Waals surface area contributed by atoms with Crippen LogP contribution in [0, 0.1) is 0 Å². The first-order valence-electron chi connectivity index (χ1n) is 8.11. The first-order valence-corrected chi connectivity index (χ1v) is 9.97. The molecule has 0 saturated heterocycles. The van der Waals surface area contributed by atoms with E-state index in [1.807, 2.05) is 0 Å². The average Bonchev–Trinajstić information content (AvgIpc) is 2.92. The molecular formula is C17H24ClNO5S. The summed E-state index contributed by atoms with van der Waals surface area (Å²) < 4.78 is 38.2. The molecule has 2 atom stereocenters. The summed E-state index contributed by atoms with van der Waals surface area (Å²) in [4.78, 5) is 12.4. The zero-order valence-corrected chi connectivity index (χ0v) is 16.4. The third-order valence-electron chi connectivity index (χ3n) is 3.86. The lowest BCUT2D eigenvalue weighted by atomic mass is 10.1. The van der Waals surface area contributed by atoms with Gasteiger partial charge in [-0.1, -0.05) is 11.6 Å². The largest absolute Gasteiger partial charge is 0.456 e. The molecule has 2 rings (SSSR count). The molecule has 1 fully saturated rings. The van der Waals surface area contributed by atoms with E-state index in [4.69, 9.17) is 21.1 Å². The lowest BCUT2D eigenvalue weighted by molar-refractivity contribution is -0.0206. The van der Waals surface area contributed by atoms with E-state index in [1.165, 1.54) is 18.2 Å². The van der Waals surface area contributed by atoms with E-state index in [2.05, 4.69) is 4.72 Å². The highest BCUT2D eigenvalue weighted by Gasteiger charge is 2.32. The van der Waals surface area contributed by atoms with E-state index in [-0.39, 0.29) is 27.7 Å². The second-order valence-corrected chi connectivity index (χ2v) is 9.24. The number of rotatable bonds is 5. The van der Waals surface area contributed by atoms with E-state index < -0.39 is 21.5 Å². The Hall–Kier alpha value is -1.15. The molecule has 140 valence electrons. The van der Waals surface area contributed by atoms with E-state index in [1.54, 1.807) is 27.9 Å². The van der Waals surface area contributed by atoms with Gasteiger partial charge in [-0.05, 0) is 58.2 Å². The molecule has 0 heterocycles. The maximum atomic E-state index is 12.5. The molecule has 1 aromatic carbocycles. The van der Waals surface area contributed by atoms with Gasteiger partial charge in [-0.2, -0.15) is 0 Å². The smallest absolute Gasteiger partial charge is 0.340 e. The molecule has 0 radical (unpaired) electrons. The van der Waals surface area contributed by atoms with Crippen molar-refractivity contribution in [3.8, 4) is 0 Å². The monoisotopic (exact) mass is 389 g/mol. The minimum Gasteiger partial charge on any atom is -0.456 e. The molecule has 1 aliphatic rings. The molecule has 1 N–H and O–H groups in total. The fourth-order valence-corrected chi connectivity index (χ4v) is 4.43. The number of esters is 1. The Kier molecular flexibility index (Phi) is 6.14. The predicted octanol–water partition coefficient (Wildman–Crippen LogP) is 3.14. The van der Waals surface area contributed by atoms with Crippen LogP contribution in [0.1, 0.15) is 50.4 Å². The molecule has 0 bridgehead atoms. The number of methoxy groups -OCH3 is 1. The van der Waals surface area contributed by atoms with Crippen LogP contribution in [0.3, 0.4) is 0 Å². The molecule has 6 nitrogen and oxygen atoms in total. The van der Waals surface area contributed by atoms with Crippen LogP contribution in [0.15, 0.2) is 23.1 Å². The van der Waals surface area contributed by atoms with Gasteiger partial charge < -0.3 is 9.47 Å². The number of benzene rings is 1. The highest BCUT2D eigenvalue weighted by atomic mass is 35.5. The van der Waals surface area contributed by atoms with Gasteiger partial charge in [-0.25, -0.2) is 17.9 Å². The second kappa shape index (κ2) is 7.61. The van der Waals surface area contributed by atoms with Crippen molar-refractivity contribution in [2.45, 2.75) is 62.7 Å². The topological polar surface area (TPSA) is 81.7 Å². The number of halogens is 1. The zero-order chi connectivity index (χ0) is 18.8. The van der Waals surface area contributed by atoms with Gasteiger partial charge in [-0.15, -0.1) is 0 Å². The first-order chi connectivity index (χ1) is 11.5. The molecule has 0 amide bonds. The highest BCUT2D eigenvalue weighted by Crippen LogP contribution is 2.27. The number of hydrogen-bond donors (Lipinski definition) is 1. The third-order valence-corrected chi connectivity index (χ3v) is 5.95. The van der Waals surface area contributed by atoms with Gasteiger partial charge in [0.1, 0.15) is 6.10 Å². The number of nitrogens with one attached hydrogen (secondary N) is 1. The molecule has 25 heavy (non-hydrogen) atoms. The summed E-state index contributed by atoms with van der Waals surface area (Å²) in [7, 11) is -2.20. The standard InChI is InChI=1S/C17H24ClNO5S/c1-17(2,3)19-25(21,22)11-8-9-13(18)12(10-11)16(20)24-15-7-5-6-14(15)23-4/h8-10,14-15,19H,5-7H2,1-4H3/t14-,15+/m0/s1. The lowest BCUT2D eigenvalue weighted by Crippen LogP contribution is -2.40. The molecule has 8 heteroatoms. The average molecular weight is 390 g/mol. The van der Waals surface area contributed by atoms with Crippen LogP contribution in [-0.4, -0.2) is 39.2 Å². The summed E-state index contributed by atoms with van der Waals surface area (Å²) in [6, 6.07) is 3.99. The van der Waals surface area contributed by atoms with Crippen molar-refractivity contribution in [2.24, 2.45) is 0 Å². The Bertz CT molecular complexity index is 742. The Balaban J connectivity index is 2.25. The Morgan fingerprint density at radius 1 is 1.24 bits per heavy atom. The molecule has 0 aromatic heterocycles. The molecule has 1 aliphatic carbocycles. The minimum absolute atomic E-state index is 0.0280. The van der Waals surface area contributed by atoms with Gasteiger partial charge in [0.25, 0.3) is 0 Å². The molecule has 0 unspecified atom stereocenters. The molecule has 0 aliphatic heterocycles. The van der Waals surface area contributed by atoms with Crippen LogP contribution in [0.5, 0.6) is 0 Å². The van der Waals surface area contributed by atoms with E-state index in [0.29, 0.717) is 6.42 Å². The summed E-state index contributed by atoms with van der Waals surface area (Å²) in [6.07, 6.45) is 1.96. The van der Waals surface area contributed by atoms with E-state index in [0.717, 1.165) is 12.8 Å². The van der Waals surface area contributed by atoms with Gasteiger partial charge in [-0.3, -0.25) is 0 Å². The fraction of sp³-hybridized carbons (Fsp3) is 0.588. The van der Waals surface area contributed by atoms with E-state index in [9.17, 15) is 13.2 Å². The molecule has 1 aromatic rings. The first kappa shape index (κ1) is 20.2. The van der Waals surface area contributed by atoms with E-state index >= 15 is 0 Å². The SMILES string of the molecule is CO[C@H]1CCC[C@H]1OC(=O)c1cc(S(=O)(=O)NC(C)(C)C)ccc1Cl. The number of sulfonamides is 1. The van der Waals surface area contributed by atoms with Crippen LogP contribution >= 0.6 is 11.6 Å². The molecule has 1 saturated carbocycles. The van der Waals surface area contributed by atoms with Crippen LogP contribution in [0.25, 0.3) is 0 Å². The van der Waals surface area contributed by atoms with Crippen molar-refractivity contribution in [1.82, 2.24) is 4.72 Å². The molecular weight excluding hydrogens is 366 g/mol. The highest BCUT2D eigenvalue weighted by molar-refractivity contribution is 7.89. The maximum absolute atomic E-state index is 12.5. The Morgan fingerprint density at radius 2 is 1.88 bits per heavy atom. The maximum Gasteiger partial charge on any atom is 0.340 e. The Morgan fingerprint density at radius 3 is 2.48 bits per heavy atom. The van der Waals surface area contributed by atoms with Crippen molar-refractivity contribution in [3.05, 3.63) is 28.8 Å². The second-order valence-electron chi connectivity index (χ2n) is 7.15. The summed E-state index contributed by atoms with van der Waals surface area (Å²) >= 11 is 6.08. The van der Waals surface area contributed by atoms with Crippen molar-refractivity contribution in [1.29, 1.82) is 0 Å². The minimum atomic E-state index is -3.77. The van der Waals surface area contributed by atoms with Gasteiger partial charge in [0.15, 0.2) is 0 Å². The summed E-state index contributed by atoms with van der Waals surface area (Å²) in [6.45, 7) is 5.21. The van der Waals surface area contributed by atoms with Gasteiger partial charge in [0.2, 0.25) is 10.0 Å². The predicted molar refractivity (Wildman–Crippen MR) is 95.4 cm³/mol. The van der Waals surface area contributed by atoms with Crippen LogP contribution in [0.4, 0.5) is 0 Å². The zero-order valence-electron chi connectivity index (χ0n) is 14.8. The normalized spacial score (nSPS) is 21.3. The van der Waals surface area contributed by atoms with Crippen molar-refractivity contribution in [2.75, 3.05) is 7.11 Å². The van der Waals surface area contributed by atoms with Crippen LogP contribution in [-0.2, 0) is 19.5 Å². The molecule has 0 spiro atoms. The fourth-order valence-electron chi connectivity index (χ4n) is 2.79. The van der Waals surface area contributed by atoms with Gasteiger partial charge in [0, 0.05) is 12.6 Å².